The fourth-order valence-corrected chi connectivity index (χ4v) is 4.15. The maximum atomic E-state index is 12.4. The monoisotopic (exact) mass is 444 g/mol. The summed E-state index contributed by atoms with van der Waals surface area (Å²) in [5.74, 6) is 1.73. The normalized spacial score (nSPS) is 10.8. The summed E-state index contributed by atoms with van der Waals surface area (Å²) >= 11 is 7.32. The van der Waals surface area contributed by atoms with Gasteiger partial charge in [-0.05, 0) is 62.6 Å². The number of anilines is 1. The molecule has 158 valence electrons. The van der Waals surface area contributed by atoms with Crippen molar-refractivity contribution in [2.75, 3.05) is 11.1 Å². The smallest absolute Gasteiger partial charge is 0.234 e. The second kappa shape index (κ2) is 10.00. The van der Waals surface area contributed by atoms with Gasteiger partial charge < -0.3 is 14.6 Å². The molecule has 0 aliphatic rings. The fourth-order valence-electron chi connectivity index (χ4n) is 3.10. The number of ether oxygens (including phenoxy) is 1. The summed E-state index contributed by atoms with van der Waals surface area (Å²) in [5, 5.41) is 12.8. The van der Waals surface area contributed by atoms with Crippen LogP contribution in [-0.2, 0) is 17.9 Å². The first kappa shape index (κ1) is 22.2. The zero-order valence-electron chi connectivity index (χ0n) is 17.5. The van der Waals surface area contributed by atoms with Gasteiger partial charge in [0.15, 0.2) is 11.0 Å². The molecule has 1 N–H and O–H groups in total. The quantitative estimate of drug-likeness (QED) is 0.484. The molecule has 0 spiro atoms. The van der Waals surface area contributed by atoms with E-state index in [1.54, 1.807) is 12.1 Å². The number of aryl methyl sites for hydroxylation is 3. The van der Waals surface area contributed by atoms with E-state index in [1.807, 2.05) is 56.5 Å². The van der Waals surface area contributed by atoms with Gasteiger partial charge in [-0.1, -0.05) is 41.6 Å². The molecular weight excluding hydrogens is 420 g/mol. The highest BCUT2D eigenvalue weighted by atomic mass is 35.5. The lowest BCUT2D eigenvalue weighted by Crippen LogP contribution is -2.15. The summed E-state index contributed by atoms with van der Waals surface area (Å²) in [6.45, 7) is 8.99. The zero-order valence-corrected chi connectivity index (χ0v) is 19.1. The van der Waals surface area contributed by atoms with Crippen molar-refractivity contribution in [1.29, 1.82) is 0 Å². The van der Waals surface area contributed by atoms with E-state index in [9.17, 15) is 4.79 Å². The molecule has 30 heavy (non-hydrogen) atoms. The fraction of sp³-hybridized carbons (Fsp3) is 0.318. The predicted octanol–water partition coefficient (Wildman–Crippen LogP) is 5.19. The molecule has 0 atom stereocenters. The third kappa shape index (κ3) is 5.34. The van der Waals surface area contributed by atoms with Gasteiger partial charge in [0.2, 0.25) is 5.91 Å². The van der Waals surface area contributed by atoms with Gasteiger partial charge in [0.1, 0.15) is 12.4 Å². The van der Waals surface area contributed by atoms with Gasteiger partial charge in [-0.25, -0.2) is 0 Å². The molecule has 0 unspecified atom stereocenters. The predicted molar refractivity (Wildman–Crippen MR) is 121 cm³/mol. The number of para-hydroxylation sites is 1. The van der Waals surface area contributed by atoms with Crippen molar-refractivity contribution in [3.05, 3.63) is 63.9 Å². The number of hydrogen-bond donors (Lipinski definition) is 1. The number of thioether (sulfide) groups is 1. The summed E-state index contributed by atoms with van der Waals surface area (Å²) in [5.41, 5.74) is 3.84. The molecule has 2 aromatic carbocycles. The van der Waals surface area contributed by atoms with E-state index in [-0.39, 0.29) is 11.7 Å². The van der Waals surface area contributed by atoms with Crippen molar-refractivity contribution < 1.29 is 9.53 Å². The molecule has 0 aliphatic heterocycles. The van der Waals surface area contributed by atoms with Gasteiger partial charge >= 0.3 is 0 Å². The first-order valence-corrected chi connectivity index (χ1v) is 11.0. The number of hydrogen-bond acceptors (Lipinski definition) is 5. The Balaban J connectivity index is 1.62. The van der Waals surface area contributed by atoms with Gasteiger partial charge in [0, 0.05) is 17.3 Å². The second-order valence-electron chi connectivity index (χ2n) is 6.95. The van der Waals surface area contributed by atoms with Crippen LogP contribution >= 0.6 is 23.4 Å². The minimum atomic E-state index is -0.107. The molecule has 8 heteroatoms. The van der Waals surface area contributed by atoms with Crippen molar-refractivity contribution in [3.63, 3.8) is 0 Å². The highest BCUT2D eigenvalue weighted by molar-refractivity contribution is 7.99. The average Bonchev–Trinajstić information content (AvgIpc) is 3.10. The number of halogens is 1. The molecule has 0 fully saturated rings. The van der Waals surface area contributed by atoms with Crippen molar-refractivity contribution in [3.8, 4) is 5.75 Å². The highest BCUT2D eigenvalue weighted by Gasteiger charge is 2.15. The number of nitrogens with zero attached hydrogens (tertiary/aromatic N) is 3. The Morgan fingerprint density at radius 2 is 1.87 bits per heavy atom. The van der Waals surface area contributed by atoms with Crippen LogP contribution in [0.1, 0.15) is 29.4 Å². The van der Waals surface area contributed by atoms with Crippen LogP contribution in [0.5, 0.6) is 5.75 Å². The molecule has 1 amide bonds. The first-order chi connectivity index (χ1) is 14.4. The Bertz CT molecular complexity index is 1030. The number of benzene rings is 2. The van der Waals surface area contributed by atoms with E-state index in [2.05, 4.69) is 15.5 Å². The van der Waals surface area contributed by atoms with Gasteiger partial charge in [-0.15, -0.1) is 10.2 Å². The van der Waals surface area contributed by atoms with E-state index >= 15 is 0 Å². The van der Waals surface area contributed by atoms with Crippen LogP contribution in [0.2, 0.25) is 5.02 Å². The standard InChI is InChI=1S/C22H25ClN4O2S/c1-5-27-19(12-29-21-14(2)7-6-8-15(21)3)25-26-22(27)30-13-20(28)24-18-10-9-17(23)11-16(18)4/h6-11H,5,12-13H2,1-4H3,(H,24,28). The molecule has 1 heterocycles. The van der Waals surface area contributed by atoms with Crippen molar-refractivity contribution >= 4 is 35.0 Å². The van der Waals surface area contributed by atoms with E-state index in [4.69, 9.17) is 16.3 Å². The second-order valence-corrected chi connectivity index (χ2v) is 8.33. The third-order valence-electron chi connectivity index (χ3n) is 4.66. The van der Waals surface area contributed by atoms with Crippen LogP contribution in [0, 0.1) is 20.8 Å². The lowest BCUT2D eigenvalue weighted by atomic mass is 10.1. The molecule has 0 aliphatic carbocycles. The van der Waals surface area contributed by atoms with E-state index in [0.29, 0.717) is 23.3 Å². The van der Waals surface area contributed by atoms with Crippen LogP contribution in [0.3, 0.4) is 0 Å². The molecule has 0 saturated carbocycles. The van der Waals surface area contributed by atoms with Gasteiger partial charge in [0.25, 0.3) is 0 Å². The Morgan fingerprint density at radius 1 is 1.13 bits per heavy atom. The zero-order chi connectivity index (χ0) is 21.7. The molecule has 3 rings (SSSR count). The Morgan fingerprint density at radius 3 is 2.53 bits per heavy atom. The maximum absolute atomic E-state index is 12.4. The van der Waals surface area contributed by atoms with Gasteiger partial charge in [0.05, 0.1) is 5.75 Å². The SMILES string of the molecule is CCn1c(COc2c(C)cccc2C)nnc1SCC(=O)Nc1ccc(Cl)cc1C. The van der Waals surface area contributed by atoms with E-state index < -0.39 is 0 Å². The lowest BCUT2D eigenvalue weighted by Gasteiger charge is -2.12. The number of amides is 1. The molecule has 6 nitrogen and oxygen atoms in total. The minimum Gasteiger partial charge on any atom is -0.485 e. The van der Waals surface area contributed by atoms with Crippen molar-refractivity contribution in [1.82, 2.24) is 14.8 Å². The van der Waals surface area contributed by atoms with Crippen LogP contribution in [0.25, 0.3) is 0 Å². The lowest BCUT2D eigenvalue weighted by molar-refractivity contribution is -0.113. The third-order valence-corrected chi connectivity index (χ3v) is 5.86. The van der Waals surface area contributed by atoms with Crippen LogP contribution in [0.15, 0.2) is 41.6 Å². The Kier molecular flexibility index (Phi) is 7.39. The number of rotatable bonds is 8. The molecular formula is C22H25ClN4O2S. The molecule has 1 aromatic heterocycles. The first-order valence-electron chi connectivity index (χ1n) is 9.69. The van der Waals surface area contributed by atoms with Gasteiger partial charge in [-0.3, -0.25) is 4.79 Å². The molecule has 0 saturated heterocycles. The van der Waals surface area contributed by atoms with E-state index in [0.717, 1.165) is 34.0 Å². The van der Waals surface area contributed by atoms with Crippen molar-refractivity contribution in [2.24, 2.45) is 0 Å². The number of carbonyl (C=O) groups excluding carboxylic acids is 1. The highest BCUT2D eigenvalue weighted by Crippen LogP contribution is 2.25. The summed E-state index contributed by atoms with van der Waals surface area (Å²) in [6.07, 6.45) is 0. The summed E-state index contributed by atoms with van der Waals surface area (Å²) in [4.78, 5) is 12.4. The van der Waals surface area contributed by atoms with Crippen LogP contribution < -0.4 is 10.1 Å². The number of aromatic nitrogens is 3. The summed E-state index contributed by atoms with van der Waals surface area (Å²) < 4.78 is 7.99. The number of carbonyl (C=O) groups is 1. The number of nitrogens with one attached hydrogen (secondary N) is 1. The average molecular weight is 445 g/mol. The Labute approximate surface area is 186 Å². The summed E-state index contributed by atoms with van der Waals surface area (Å²) in [7, 11) is 0. The Hall–Kier alpha value is -2.51. The summed E-state index contributed by atoms with van der Waals surface area (Å²) in [6, 6.07) is 11.4. The van der Waals surface area contributed by atoms with Gasteiger partial charge in [-0.2, -0.15) is 0 Å². The van der Waals surface area contributed by atoms with E-state index in [1.165, 1.54) is 11.8 Å². The minimum absolute atomic E-state index is 0.107. The largest absolute Gasteiger partial charge is 0.485 e. The van der Waals surface area contributed by atoms with Crippen LogP contribution in [-0.4, -0.2) is 26.4 Å². The molecule has 0 bridgehead atoms. The van der Waals surface area contributed by atoms with Crippen LogP contribution in [0.4, 0.5) is 5.69 Å². The molecule has 3 aromatic rings. The topological polar surface area (TPSA) is 69.0 Å². The maximum Gasteiger partial charge on any atom is 0.234 e. The van der Waals surface area contributed by atoms with Crippen molar-refractivity contribution in [2.45, 2.75) is 46.0 Å². The molecule has 0 radical (unpaired) electrons.